The SMILES string of the molecule is C=CC(C)NC1CC(NC(=O)OC(C)(C)C)C1. The lowest BCUT2D eigenvalue weighted by molar-refractivity contribution is 0.0464. The van der Waals surface area contributed by atoms with Gasteiger partial charge in [-0.1, -0.05) is 6.08 Å². The van der Waals surface area contributed by atoms with E-state index in [9.17, 15) is 4.79 Å². The first-order chi connectivity index (χ1) is 7.80. The number of carbonyl (C=O) groups excluding carboxylic acids is 1. The number of ether oxygens (including phenoxy) is 1. The molecular formula is C13H24N2O2. The Bertz CT molecular complexity index is 278. The molecule has 0 saturated heterocycles. The van der Waals surface area contributed by atoms with Crippen molar-refractivity contribution in [2.24, 2.45) is 0 Å². The minimum absolute atomic E-state index is 0.236. The van der Waals surface area contributed by atoms with Crippen molar-refractivity contribution < 1.29 is 9.53 Å². The third kappa shape index (κ3) is 5.22. The van der Waals surface area contributed by atoms with Crippen LogP contribution in [0.15, 0.2) is 12.7 Å². The molecule has 1 aliphatic rings. The lowest BCUT2D eigenvalue weighted by Crippen LogP contribution is -2.54. The van der Waals surface area contributed by atoms with Crippen molar-refractivity contribution in [3.8, 4) is 0 Å². The normalized spacial score (nSPS) is 25.6. The van der Waals surface area contributed by atoms with Crippen molar-refractivity contribution in [1.29, 1.82) is 0 Å². The summed E-state index contributed by atoms with van der Waals surface area (Å²) < 4.78 is 5.19. The third-order valence-electron chi connectivity index (χ3n) is 2.71. The minimum atomic E-state index is -0.428. The van der Waals surface area contributed by atoms with Gasteiger partial charge < -0.3 is 15.4 Å². The molecule has 0 heterocycles. The molecule has 1 saturated carbocycles. The summed E-state index contributed by atoms with van der Waals surface area (Å²) in [6.07, 6.45) is 3.47. The van der Waals surface area contributed by atoms with Gasteiger partial charge >= 0.3 is 6.09 Å². The van der Waals surface area contributed by atoms with Crippen LogP contribution in [-0.4, -0.2) is 29.8 Å². The van der Waals surface area contributed by atoms with Gasteiger partial charge in [-0.3, -0.25) is 0 Å². The zero-order valence-corrected chi connectivity index (χ0v) is 11.2. The molecule has 98 valence electrons. The fourth-order valence-corrected chi connectivity index (χ4v) is 1.79. The molecule has 4 heteroatoms. The van der Waals surface area contributed by atoms with E-state index in [4.69, 9.17) is 4.74 Å². The van der Waals surface area contributed by atoms with Gasteiger partial charge in [-0.2, -0.15) is 0 Å². The van der Waals surface area contributed by atoms with Crippen LogP contribution in [0.3, 0.4) is 0 Å². The first kappa shape index (κ1) is 14.0. The van der Waals surface area contributed by atoms with E-state index in [-0.39, 0.29) is 12.1 Å². The molecule has 0 aromatic rings. The van der Waals surface area contributed by atoms with Gasteiger partial charge in [0.2, 0.25) is 0 Å². The van der Waals surface area contributed by atoms with Gasteiger partial charge in [-0.15, -0.1) is 6.58 Å². The number of rotatable bonds is 4. The highest BCUT2D eigenvalue weighted by atomic mass is 16.6. The first-order valence-corrected chi connectivity index (χ1v) is 6.18. The minimum Gasteiger partial charge on any atom is -0.444 e. The maximum absolute atomic E-state index is 11.5. The summed E-state index contributed by atoms with van der Waals surface area (Å²) in [6, 6.07) is 1.03. The number of alkyl carbamates (subject to hydrolysis) is 1. The highest BCUT2D eigenvalue weighted by Gasteiger charge is 2.31. The van der Waals surface area contributed by atoms with E-state index in [1.165, 1.54) is 0 Å². The number of hydrogen-bond acceptors (Lipinski definition) is 3. The molecule has 1 amide bonds. The molecule has 0 spiro atoms. The van der Waals surface area contributed by atoms with Crippen molar-refractivity contribution in [3.63, 3.8) is 0 Å². The summed E-state index contributed by atoms with van der Waals surface area (Å²) in [4.78, 5) is 11.5. The zero-order valence-electron chi connectivity index (χ0n) is 11.2. The average Bonchev–Trinajstić information content (AvgIpc) is 2.11. The quantitative estimate of drug-likeness (QED) is 0.741. The molecule has 1 rings (SSSR count). The Morgan fingerprint density at radius 1 is 1.41 bits per heavy atom. The molecule has 1 fully saturated rings. The van der Waals surface area contributed by atoms with E-state index < -0.39 is 5.60 Å². The molecule has 1 atom stereocenters. The van der Waals surface area contributed by atoms with Crippen LogP contribution in [-0.2, 0) is 4.74 Å². The molecule has 0 aromatic carbocycles. The Kier molecular flexibility index (Phi) is 4.57. The van der Waals surface area contributed by atoms with Crippen molar-refractivity contribution in [1.82, 2.24) is 10.6 Å². The Hall–Kier alpha value is -1.03. The zero-order chi connectivity index (χ0) is 13.1. The van der Waals surface area contributed by atoms with Crippen molar-refractivity contribution in [3.05, 3.63) is 12.7 Å². The lowest BCUT2D eigenvalue weighted by atomic mass is 9.86. The van der Waals surface area contributed by atoms with Gasteiger partial charge in [0.15, 0.2) is 0 Å². The van der Waals surface area contributed by atoms with Crippen LogP contribution in [0.4, 0.5) is 4.79 Å². The Morgan fingerprint density at radius 3 is 2.47 bits per heavy atom. The topological polar surface area (TPSA) is 50.4 Å². The number of nitrogens with one attached hydrogen (secondary N) is 2. The third-order valence-corrected chi connectivity index (χ3v) is 2.71. The van der Waals surface area contributed by atoms with Gasteiger partial charge in [-0.05, 0) is 40.5 Å². The number of amides is 1. The first-order valence-electron chi connectivity index (χ1n) is 6.18. The van der Waals surface area contributed by atoms with Crippen LogP contribution in [0, 0.1) is 0 Å². The van der Waals surface area contributed by atoms with Crippen molar-refractivity contribution >= 4 is 6.09 Å². The second-order valence-electron chi connectivity index (χ2n) is 5.70. The van der Waals surface area contributed by atoms with Crippen LogP contribution in [0.1, 0.15) is 40.5 Å². The van der Waals surface area contributed by atoms with E-state index in [1.807, 2.05) is 26.8 Å². The van der Waals surface area contributed by atoms with E-state index in [0.717, 1.165) is 12.8 Å². The van der Waals surface area contributed by atoms with Crippen molar-refractivity contribution in [2.45, 2.75) is 64.3 Å². The molecule has 0 aromatic heterocycles. The fraction of sp³-hybridized carbons (Fsp3) is 0.769. The van der Waals surface area contributed by atoms with Gasteiger partial charge in [-0.25, -0.2) is 4.79 Å². The van der Waals surface area contributed by atoms with E-state index >= 15 is 0 Å². The molecule has 2 N–H and O–H groups in total. The summed E-state index contributed by atoms with van der Waals surface area (Å²) >= 11 is 0. The maximum Gasteiger partial charge on any atom is 0.407 e. The Balaban J connectivity index is 2.17. The molecule has 4 nitrogen and oxygen atoms in total. The van der Waals surface area contributed by atoms with Gasteiger partial charge in [0.25, 0.3) is 0 Å². The Labute approximate surface area is 104 Å². The molecule has 0 bridgehead atoms. The summed E-state index contributed by atoms with van der Waals surface area (Å²) in [7, 11) is 0. The number of carbonyl (C=O) groups is 1. The fourth-order valence-electron chi connectivity index (χ4n) is 1.79. The van der Waals surface area contributed by atoms with Gasteiger partial charge in [0.1, 0.15) is 5.60 Å². The standard InChI is InChI=1S/C13H24N2O2/c1-6-9(2)14-10-7-11(8-10)15-12(16)17-13(3,4)5/h6,9-11,14H,1,7-8H2,2-5H3,(H,15,16). The van der Waals surface area contributed by atoms with Crippen molar-refractivity contribution in [2.75, 3.05) is 0 Å². The number of hydrogen-bond donors (Lipinski definition) is 2. The van der Waals surface area contributed by atoms with Gasteiger partial charge in [0, 0.05) is 18.1 Å². The molecule has 1 aliphatic carbocycles. The molecule has 1 unspecified atom stereocenters. The molecule has 17 heavy (non-hydrogen) atoms. The summed E-state index contributed by atoms with van der Waals surface area (Å²) in [5.41, 5.74) is -0.428. The maximum atomic E-state index is 11.5. The second kappa shape index (κ2) is 5.54. The average molecular weight is 240 g/mol. The Morgan fingerprint density at radius 2 is 2.00 bits per heavy atom. The monoisotopic (exact) mass is 240 g/mol. The summed E-state index contributed by atoms with van der Waals surface area (Å²) in [5.74, 6) is 0. The van der Waals surface area contributed by atoms with Crippen LogP contribution in [0.2, 0.25) is 0 Å². The summed E-state index contributed by atoms with van der Waals surface area (Å²) in [6.45, 7) is 11.4. The van der Waals surface area contributed by atoms with E-state index in [1.54, 1.807) is 0 Å². The van der Waals surface area contributed by atoms with E-state index in [0.29, 0.717) is 12.1 Å². The summed E-state index contributed by atoms with van der Waals surface area (Å²) in [5, 5.41) is 6.27. The highest BCUT2D eigenvalue weighted by Crippen LogP contribution is 2.21. The van der Waals surface area contributed by atoms with Crippen LogP contribution >= 0.6 is 0 Å². The predicted molar refractivity (Wildman–Crippen MR) is 69.0 cm³/mol. The highest BCUT2D eigenvalue weighted by molar-refractivity contribution is 5.68. The largest absolute Gasteiger partial charge is 0.444 e. The molecule has 0 radical (unpaired) electrons. The van der Waals surface area contributed by atoms with Crippen LogP contribution in [0.5, 0.6) is 0 Å². The van der Waals surface area contributed by atoms with Crippen LogP contribution < -0.4 is 10.6 Å². The lowest BCUT2D eigenvalue weighted by Gasteiger charge is -2.37. The molecular weight excluding hydrogens is 216 g/mol. The van der Waals surface area contributed by atoms with E-state index in [2.05, 4.69) is 24.1 Å². The second-order valence-corrected chi connectivity index (χ2v) is 5.70. The van der Waals surface area contributed by atoms with Crippen LogP contribution in [0.25, 0.3) is 0 Å². The predicted octanol–water partition coefficient (Wildman–Crippen LogP) is 2.21. The smallest absolute Gasteiger partial charge is 0.407 e. The molecule has 0 aliphatic heterocycles. The van der Waals surface area contributed by atoms with Gasteiger partial charge in [0.05, 0.1) is 0 Å².